The third-order valence-electron chi connectivity index (χ3n) is 3.78. The van der Waals surface area contributed by atoms with Crippen LogP contribution in [0.3, 0.4) is 0 Å². The van der Waals surface area contributed by atoms with Gasteiger partial charge < -0.3 is 10.2 Å². The second kappa shape index (κ2) is 5.29. The molecule has 4 heteroatoms. The Morgan fingerprint density at radius 3 is 2.95 bits per heavy atom. The van der Waals surface area contributed by atoms with E-state index in [1.807, 2.05) is 11.0 Å². The van der Waals surface area contributed by atoms with Gasteiger partial charge in [-0.25, -0.2) is 0 Å². The number of hydrogen-bond donors (Lipinski definition) is 1. The smallest absolute Gasteiger partial charge is 0.223 e. The van der Waals surface area contributed by atoms with Gasteiger partial charge in [0.25, 0.3) is 0 Å². The van der Waals surface area contributed by atoms with Crippen LogP contribution in [0.5, 0.6) is 0 Å². The predicted molar refractivity (Wildman–Crippen MR) is 84.5 cm³/mol. The number of benzene rings is 1. The highest BCUT2D eigenvalue weighted by atomic mass is 32.1. The highest BCUT2D eigenvalue weighted by Crippen LogP contribution is 2.31. The number of anilines is 2. The van der Waals surface area contributed by atoms with Crippen molar-refractivity contribution in [1.82, 2.24) is 0 Å². The molecule has 3 nitrogen and oxygen atoms in total. The van der Waals surface area contributed by atoms with Crippen molar-refractivity contribution in [3.63, 3.8) is 0 Å². The molecule has 1 aromatic heterocycles. The fourth-order valence-corrected chi connectivity index (χ4v) is 3.43. The van der Waals surface area contributed by atoms with Crippen molar-refractivity contribution in [2.45, 2.75) is 26.3 Å². The van der Waals surface area contributed by atoms with Crippen molar-refractivity contribution in [3.05, 3.63) is 46.2 Å². The van der Waals surface area contributed by atoms with Crippen molar-refractivity contribution >= 4 is 28.6 Å². The second-order valence-corrected chi connectivity index (χ2v) is 5.97. The minimum absolute atomic E-state index is 0.121. The van der Waals surface area contributed by atoms with Gasteiger partial charge >= 0.3 is 0 Å². The van der Waals surface area contributed by atoms with E-state index in [9.17, 15) is 4.79 Å². The van der Waals surface area contributed by atoms with Crippen LogP contribution in [0.15, 0.2) is 35.0 Å². The van der Waals surface area contributed by atoms with Gasteiger partial charge in [0.2, 0.25) is 5.91 Å². The van der Waals surface area contributed by atoms with Gasteiger partial charge in [0.1, 0.15) is 0 Å². The first-order valence-electron chi connectivity index (χ1n) is 6.85. The Morgan fingerprint density at radius 1 is 1.40 bits per heavy atom. The Kier molecular flexibility index (Phi) is 3.49. The lowest BCUT2D eigenvalue weighted by Crippen LogP contribution is -2.25. The molecule has 0 saturated carbocycles. The number of carbonyl (C=O) groups is 1. The number of nitrogens with zero attached hydrogens (tertiary/aromatic N) is 1. The number of amides is 1. The van der Waals surface area contributed by atoms with Crippen LogP contribution in [0.4, 0.5) is 11.4 Å². The minimum Gasteiger partial charge on any atom is -0.378 e. The van der Waals surface area contributed by atoms with E-state index in [1.165, 1.54) is 11.1 Å². The average molecular weight is 286 g/mol. The Bertz CT molecular complexity index is 621. The summed E-state index contributed by atoms with van der Waals surface area (Å²) in [5, 5.41) is 7.79. The highest BCUT2D eigenvalue weighted by molar-refractivity contribution is 7.08. The number of fused-ring (bicyclic) bond motifs is 1. The molecule has 1 aliphatic rings. The molecule has 0 spiro atoms. The molecule has 0 radical (unpaired) electrons. The summed E-state index contributed by atoms with van der Waals surface area (Å²) in [5.41, 5.74) is 4.74. The van der Waals surface area contributed by atoms with E-state index in [2.05, 4.69) is 41.2 Å². The van der Waals surface area contributed by atoms with Gasteiger partial charge in [-0.15, -0.1) is 0 Å². The Labute approximate surface area is 123 Å². The fourth-order valence-electron chi connectivity index (χ4n) is 2.67. The topological polar surface area (TPSA) is 32.3 Å². The van der Waals surface area contributed by atoms with Crippen LogP contribution in [-0.4, -0.2) is 12.5 Å². The maximum Gasteiger partial charge on any atom is 0.223 e. The van der Waals surface area contributed by atoms with E-state index in [0.29, 0.717) is 6.04 Å². The zero-order valence-corrected chi connectivity index (χ0v) is 12.5. The Morgan fingerprint density at radius 2 is 2.25 bits per heavy atom. The van der Waals surface area contributed by atoms with Gasteiger partial charge in [-0.05, 0) is 59.5 Å². The number of rotatable bonds is 3. The van der Waals surface area contributed by atoms with Gasteiger partial charge in [0.05, 0.1) is 0 Å². The van der Waals surface area contributed by atoms with E-state index in [-0.39, 0.29) is 5.91 Å². The molecule has 1 N–H and O–H groups in total. The molecule has 2 heterocycles. The number of nitrogens with one attached hydrogen (secondary N) is 1. The summed E-state index contributed by atoms with van der Waals surface area (Å²) in [6.45, 7) is 4.59. The Balaban J connectivity index is 1.78. The maximum absolute atomic E-state index is 11.5. The largest absolute Gasteiger partial charge is 0.378 e. The third kappa shape index (κ3) is 2.43. The first-order valence-corrected chi connectivity index (χ1v) is 7.79. The van der Waals surface area contributed by atoms with E-state index >= 15 is 0 Å². The lowest BCUT2D eigenvalue weighted by Gasteiger charge is -2.17. The van der Waals surface area contributed by atoms with Crippen molar-refractivity contribution in [2.24, 2.45) is 0 Å². The van der Waals surface area contributed by atoms with Gasteiger partial charge in [0.15, 0.2) is 0 Å². The maximum atomic E-state index is 11.5. The zero-order chi connectivity index (χ0) is 14.1. The standard InChI is InChI=1S/C16H18N2OS/c1-11(14-6-8-20-10-14)17-15-3-4-16-13(9-15)5-7-18(16)12(2)19/h3-4,6,8-11,17H,5,7H2,1-2H3. The molecule has 3 rings (SSSR count). The van der Waals surface area contributed by atoms with Crippen molar-refractivity contribution in [1.29, 1.82) is 0 Å². The summed E-state index contributed by atoms with van der Waals surface area (Å²) in [5.74, 6) is 0.121. The zero-order valence-electron chi connectivity index (χ0n) is 11.7. The molecule has 1 aromatic carbocycles. The van der Waals surface area contributed by atoms with E-state index < -0.39 is 0 Å². The number of thiophene rings is 1. The lowest BCUT2D eigenvalue weighted by atomic mass is 10.1. The molecule has 0 saturated heterocycles. The number of carbonyl (C=O) groups excluding carboxylic acids is 1. The van der Waals surface area contributed by atoms with Crippen LogP contribution in [0, 0.1) is 0 Å². The summed E-state index contributed by atoms with van der Waals surface area (Å²) in [6.07, 6.45) is 0.942. The molecular formula is C16H18N2OS. The van der Waals surface area contributed by atoms with Crippen molar-refractivity contribution in [2.75, 3.05) is 16.8 Å². The molecule has 20 heavy (non-hydrogen) atoms. The van der Waals surface area contributed by atoms with E-state index in [4.69, 9.17) is 0 Å². The van der Waals surface area contributed by atoms with Crippen LogP contribution in [0.2, 0.25) is 0 Å². The van der Waals surface area contributed by atoms with Gasteiger partial charge in [-0.1, -0.05) is 0 Å². The molecule has 0 aliphatic carbocycles. The molecule has 1 unspecified atom stereocenters. The van der Waals surface area contributed by atoms with Gasteiger partial charge in [-0.3, -0.25) is 4.79 Å². The molecule has 0 fully saturated rings. The van der Waals surface area contributed by atoms with Crippen LogP contribution in [-0.2, 0) is 11.2 Å². The van der Waals surface area contributed by atoms with Crippen LogP contribution >= 0.6 is 11.3 Å². The predicted octanol–water partition coefficient (Wildman–Crippen LogP) is 3.83. The molecule has 104 valence electrons. The Hall–Kier alpha value is -1.81. The third-order valence-corrected chi connectivity index (χ3v) is 4.48. The minimum atomic E-state index is 0.121. The fraction of sp³-hybridized carbons (Fsp3) is 0.312. The summed E-state index contributed by atoms with van der Waals surface area (Å²) in [4.78, 5) is 13.4. The van der Waals surface area contributed by atoms with Crippen molar-refractivity contribution < 1.29 is 4.79 Å². The normalized spacial score (nSPS) is 15.0. The summed E-state index contributed by atoms with van der Waals surface area (Å²) in [7, 11) is 0. The van der Waals surface area contributed by atoms with E-state index in [0.717, 1.165) is 24.3 Å². The number of hydrogen-bond acceptors (Lipinski definition) is 3. The lowest BCUT2D eigenvalue weighted by molar-refractivity contribution is -0.116. The van der Waals surface area contributed by atoms with Crippen molar-refractivity contribution in [3.8, 4) is 0 Å². The van der Waals surface area contributed by atoms with Crippen LogP contribution in [0.25, 0.3) is 0 Å². The first kappa shape index (κ1) is 13.2. The van der Waals surface area contributed by atoms with Gasteiger partial charge in [0, 0.05) is 30.9 Å². The molecule has 1 amide bonds. The quantitative estimate of drug-likeness (QED) is 0.930. The van der Waals surface area contributed by atoms with E-state index in [1.54, 1.807) is 18.3 Å². The molecule has 0 bridgehead atoms. The van der Waals surface area contributed by atoms with Gasteiger partial charge in [-0.2, -0.15) is 11.3 Å². The molecule has 1 atom stereocenters. The molecule has 1 aliphatic heterocycles. The van der Waals surface area contributed by atoms with Crippen LogP contribution in [0.1, 0.15) is 31.0 Å². The SMILES string of the molecule is CC(=O)N1CCc2cc(NC(C)c3ccsc3)ccc21. The summed E-state index contributed by atoms with van der Waals surface area (Å²) in [6, 6.07) is 8.72. The monoisotopic (exact) mass is 286 g/mol. The second-order valence-electron chi connectivity index (χ2n) is 5.19. The molecular weight excluding hydrogens is 268 g/mol. The van der Waals surface area contributed by atoms with Crippen LogP contribution < -0.4 is 10.2 Å². The summed E-state index contributed by atoms with van der Waals surface area (Å²) >= 11 is 1.72. The average Bonchev–Trinajstić information content (AvgIpc) is 3.07. The highest BCUT2D eigenvalue weighted by Gasteiger charge is 2.22. The first-order chi connectivity index (χ1) is 9.65. The summed E-state index contributed by atoms with van der Waals surface area (Å²) < 4.78 is 0. The molecule has 2 aromatic rings.